The molecule has 62 valence electrons. The van der Waals surface area contributed by atoms with E-state index >= 15 is 0 Å². The van der Waals surface area contributed by atoms with E-state index < -0.39 is 0 Å². The summed E-state index contributed by atoms with van der Waals surface area (Å²) in [5.74, 6) is 1.66. The van der Waals surface area contributed by atoms with Gasteiger partial charge in [0.15, 0.2) is 0 Å². The third-order valence-electron chi connectivity index (χ3n) is 2.52. The lowest BCUT2D eigenvalue weighted by molar-refractivity contribution is -0.117. The molecule has 1 nitrogen and oxygen atoms in total. The minimum absolute atomic E-state index is 0.450. The van der Waals surface area contributed by atoms with Crippen molar-refractivity contribution in [2.75, 3.05) is 0 Å². The van der Waals surface area contributed by atoms with Crippen LogP contribution in [0.3, 0.4) is 0 Å². The van der Waals surface area contributed by atoms with E-state index in [1.165, 1.54) is 0 Å². The molecular formula is C10H16O. The number of Topliss-reactive ketones (excluding diaryl/α,β-unsaturated/α-hetero) is 1. The van der Waals surface area contributed by atoms with Crippen LogP contribution in [0.4, 0.5) is 0 Å². The number of allylic oxidation sites excluding steroid dienone is 2. The summed E-state index contributed by atoms with van der Waals surface area (Å²) >= 11 is 0. The van der Waals surface area contributed by atoms with Gasteiger partial charge in [0.1, 0.15) is 5.78 Å². The Balaban J connectivity index is 2.42. The van der Waals surface area contributed by atoms with Gasteiger partial charge in [-0.2, -0.15) is 0 Å². The number of carbonyl (C=O) groups is 1. The molecule has 0 aromatic heterocycles. The normalized spacial score (nSPS) is 28.2. The lowest BCUT2D eigenvalue weighted by Gasteiger charge is -2.12. The molecule has 1 rings (SSSR count). The van der Waals surface area contributed by atoms with Crippen molar-refractivity contribution < 1.29 is 4.79 Å². The standard InChI is InChI=1S/C10H16O/c1-3-4-8(2)9-5-6-10(11)7-9/h3-4,8-9H,5-7H2,1-2H3/b4-3+/t8-,9+/m0/s1. The first-order valence-corrected chi connectivity index (χ1v) is 4.38. The van der Waals surface area contributed by atoms with Gasteiger partial charge in [0, 0.05) is 12.8 Å². The molecule has 0 amide bonds. The highest BCUT2D eigenvalue weighted by Crippen LogP contribution is 2.29. The van der Waals surface area contributed by atoms with Crippen LogP contribution in [0.25, 0.3) is 0 Å². The summed E-state index contributed by atoms with van der Waals surface area (Å²) in [5.41, 5.74) is 0. The van der Waals surface area contributed by atoms with Crippen molar-refractivity contribution in [3.63, 3.8) is 0 Å². The second-order valence-corrected chi connectivity index (χ2v) is 3.43. The van der Waals surface area contributed by atoms with Crippen LogP contribution in [0.15, 0.2) is 12.2 Å². The van der Waals surface area contributed by atoms with Crippen molar-refractivity contribution in [3.8, 4) is 0 Å². The number of ketones is 1. The summed E-state index contributed by atoms with van der Waals surface area (Å²) in [7, 11) is 0. The van der Waals surface area contributed by atoms with E-state index in [9.17, 15) is 4.79 Å². The molecule has 1 aliphatic rings. The number of hydrogen-bond acceptors (Lipinski definition) is 1. The third kappa shape index (κ3) is 2.18. The zero-order valence-electron chi connectivity index (χ0n) is 7.34. The molecule has 0 N–H and O–H groups in total. The molecule has 0 aliphatic heterocycles. The van der Waals surface area contributed by atoms with Gasteiger partial charge in [-0.15, -0.1) is 0 Å². The summed E-state index contributed by atoms with van der Waals surface area (Å²) in [6, 6.07) is 0. The summed E-state index contributed by atoms with van der Waals surface area (Å²) in [5, 5.41) is 0. The van der Waals surface area contributed by atoms with E-state index in [4.69, 9.17) is 0 Å². The van der Waals surface area contributed by atoms with Crippen molar-refractivity contribution in [1.82, 2.24) is 0 Å². The topological polar surface area (TPSA) is 17.1 Å². The number of hydrogen-bond donors (Lipinski definition) is 0. The van der Waals surface area contributed by atoms with Gasteiger partial charge in [-0.25, -0.2) is 0 Å². The molecule has 0 saturated heterocycles. The Bertz CT molecular complexity index is 170. The van der Waals surface area contributed by atoms with E-state index in [1.807, 2.05) is 6.92 Å². The van der Waals surface area contributed by atoms with Gasteiger partial charge in [-0.3, -0.25) is 4.79 Å². The van der Waals surface area contributed by atoms with Crippen molar-refractivity contribution in [1.29, 1.82) is 0 Å². The fourth-order valence-electron chi connectivity index (χ4n) is 1.75. The first-order chi connectivity index (χ1) is 5.24. The van der Waals surface area contributed by atoms with Crippen LogP contribution in [-0.2, 0) is 4.79 Å². The van der Waals surface area contributed by atoms with E-state index in [0.717, 1.165) is 19.3 Å². The smallest absolute Gasteiger partial charge is 0.133 e. The fourth-order valence-corrected chi connectivity index (χ4v) is 1.75. The lowest BCUT2D eigenvalue weighted by atomic mass is 9.92. The minimum atomic E-state index is 0.450. The SMILES string of the molecule is C/C=C/[C@H](C)[C@@H]1CCC(=O)C1. The maximum Gasteiger partial charge on any atom is 0.133 e. The molecule has 1 heteroatoms. The molecule has 0 radical (unpaired) electrons. The first kappa shape index (κ1) is 8.51. The van der Waals surface area contributed by atoms with Gasteiger partial charge < -0.3 is 0 Å². The second-order valence-electron chi connectivity index (χ2n) is 3.43. The zero-order valence-corrected chi connectivity index (χ0v) is 7.34. The number of rotatable bonds is 2. The Kier molecular flexibility index (Phi) is 2.86. The van der Waals surface area contributed by atoms with Gasteiger partial charge >= 0.3 is 0 Å². The summed E-state index contributed by atoms with van der Waals surface area (Å²) in [6.45, 7) is 4.23. The fraction of sp³-hybridized carbons (Fsp3) is 0.700. The van der Waals surface area contributed by atoms with Gasteiger partial charge in [0.05, 0.1) is 0 Å². The van der Waals surface area contributed by atoms with Gasteiger partial charge in [0.25, 0.3) is 0 Å². The Morgan fingerprint density at radius 3 is 2.82 bits per heavy atom. The molecule has 0 aromatic rings. The molecule has 0 heterocycles. The highest BCUT2D eigenvalue weighted by atomic mass is 16.1. The van der Waals surface area contributed by atoms with Gasteiger partial charge in [-0.05, 0) is 25.2 Å². The maximum absolute atomic E-state index is 10.9. The van der Waals surface area contributed by atoms with Crippen LogP contribution >= 0.6 is 0 Å². The zero-order chi connectivity index (χ0) is 8.27. The molecule has 2 atom stereocenters. The van der Waals surface area contributed by atoms with E-state index in [0.29, 0.717) is 17.6 Å². The Hall–Kier alpha value is -0.590. The summed E-state index contributed by atoms with van der Waals surface area (Å²) < 4.78 is 0. The molecule has 0 unspecified atom stereocenters. The van der Waals surface area contributed by atoms with Gasteiger partial charge in [-0.1, -0.05) is 19.1 Å². The highest BCUT2D eigenvalue weighted by molar-refractivity contribution is 5.80. The monoisotopic (exact) mass is 152 g/mol. The van der Waals surface area contributed by atoms with Crippen LogP contribution < -0.4 is 0 Å². The Morgan fingerprint density at radius 2 is 2.36 bits per heavy atom. The second kappa shape index (κ2) is 3.70. The van der Waals surface area contributed by atoms with Crippen LogP contribution in [0.2, 0.25) is 0 Å². The van der Waals surface area contributed by atoms with Crippen molar-refractivity contribution in [3.05, 3.63) is 12.2 Å². The van der Waals surface area contributed by atoms with Crippen LogP contribution in [0, 0.1) is 11.8 Å². The lowest BCUT2D eigenvalue weighted by Crippen LogP contribution is -2.05. The van der Waals surface area contributed by atoms with Crippen molar-refractivity contribution >= 4 is 5.78 Å². The molecule has 0 spiro atoms. The average Bonchev–Trinajstić information content (AvgIpc) is 2.36. The molecule has 0 aromatic carbocycles. The molecule has 11 heavy (non-hydrogen) atoms. The van der Waals surface area contributed by atoms with E-state index in [1.54, 1.807) is 0 Å². The Labute approximate surface area is 68.5 Å². The van der Waals surface area contributed by atoms with Crippen molar-refractivity contribution in [2.45, 2.75) is 33.1 Å². The number of carbonyl (C=O) groups excluding carboxylic acids is 1. The predicted octanol–water partition coefficient (Wildman–Crippen LogP) is 2.57. The van der Waals surface area contributed by atoms with Crippen LogP contribution in [0.5, 0.6) is 0 Å². The molecular weight excluding hydrogens is 136 g/mol. The van der Waals surface area contributed by atoms with Crippen LogP contribution in [-0.4, -0.2) is 5.78 Å². The Morgan fingerprint density at radius 1 is 1.64 bits per heavy atom. The van der Waals surface area contributed by atoms with Crippen molar-refractivity contribution in [2.24, 2.45) is 11.8 Å². The molecule has 1 saturated carbocycles. The quantitative estimate of drug-likeness (QED) is 0.556. The van der Waals surface area contributed by atoms with Crippen LogP contribution in [0.1, 0.15) is 33.1 Å². The highest BCUT2D eigenvalue weighted by Gasteiger charge is 2.24. The average molecular weight is 152 g/mol. The summed E-state index contributed by atoms with van der Waals surface area (Å²) in [6.07, 6.45) is 7.00. The molecule has 1 fully saturated rings. The minimum Gasteiger partial charge on any atom is -0.300 e. The molecule has 0 bridgehead atoms. The first-order valence-electron chi connectivity index (χ1n) is 4.38. The maximum atomic E-state index is 10.9. The predicted molar refractivity (Wildman–Crippen MR) is 46.3 cm³/mol. The van der Waals surface area contributed by atoms with E-state index in [2.05, 4.69) is 19.1 Å². The summed E-state index contributed by atoms with van der Waals surface area (Å²) in [4.78, 5) is 10.9. The third-order valence-corrected chi connectivity index (χ3v) is 2.52. The molecule has 1 aliphatic carbocycles. The van der Waals surface area contributed by atoms with E-state index in [-0.39, 0.29) is 0 Å². The largest absolute Gasteiger partial charge is 0.300 e. The van der Waals surface area contributed by atoms with Gasteiger partial charge in [0.2, 0.25) is 0 Å².